The summed E-state index contributed by atoms with van der Waals surface area (Å²) in [6.07, 6.45) is 2.50. The number of piperidine rings is 1. The first-order valence-electron chi connectivity index (χ1n) is 8.47. The van der Waals surface area contributed by atoms with E-state index in [4.69, 9.17) is 16.3 Å². The highest BCUT2D eigenvalue weighted by Gasteiger charge is 2.43. The van der Waals surface area contributed by atoms with Crippen molar-refractivity contribution in [2.24, 2.45) is 5.92 Å². The molecule has 0 saturated carbocycles. The molecule has 2 aliphatic rings. The fourth-order valence-electron chi connectivity index (χ4n) is 3.64. The first-order chi connectivity index (χ1) is 11.1. The van der Waals surface area contributed by atoms with E-state index in [1.807, 2.05) is 24.3 Å². The molecular formula is C18H26Cl2N2O2. The van der Waals surface area contributed by atoms with Gasteiger partial charge in [0.25, 0.3) is 0 Å². The maximum atomic E-state index is 13.2. The van der Waals surface area contributed by atoms with Crippen LogP contribution in [0.3, 0.4) is 0 Å². The molecule has 4 nitrogen and oxygen atoms in total. The summed E-state index contributed by atoms with van der Waals surface area (Å²) in [4.78, 5) is 13.2. The average molecular weight is 373 g/mol. The highest BCUT2D eigenvalue weighted by molar-refractivity contribution is 6.30. The van der Waals surface area contributed by atoms with Crippen molar-refractivity contribution in [2.75, 3.05) is 26.3 Å². The summed E-state index contributed by atoms with van der Waals surface area (Å²) >= 11 is 6.17. The number of hydrogen-bond donors (Lipinski definition) is 2. The topological polar surface area (TPSA) is 50.4 Å². The third kappa shape index (κ3) is 4.05. The van der Waals surface area contributed by atoms with Crippen LogP contribution in [0.5, 0.6) is 0 Å². The molecule has 2 heterocycles. The number of ether oxygens (including phenoxy) is 1. The second kappa shape index (κ2) is 8.52. The number of carbonyl (C=O) groups excluding carboxylic acids is 1. The smallest absolute Gasteiger partial charge is 0.231 e. The zero-order valence-corrected chi connectivity index (χ0v) is 15.6. The lowest BCUT2D eigenvalue weighted by molar-refractivity contribution is -0.131. The minimum Gasteiger partial charge on any atom is -0.381 e. The van der Waals surface area contributed by atoms with Gasteiger partial charge in [-0.1, -0.05) is 30.7 Å². The molecule has 1 amide bonds. The van der Waals surface area contributed by atoms with E-state index in [9.17, 15) is 4.79 Å². The van der Waals surface area contributed by atoms with Crippen LogP contribution in [0.2, 0.25) is 5.02 Å². The highest BCUT2D eigenvalue weighted by Crippen LogP contribution is 2.36. The first-order valence-corrected chi connectivity index (χ1v) is 8.85. The molecule has 1 aromatic rings. The van der Waals surface area contributed by atoms with E-state index in [1.165, 1.54) is 0 Å². The maximum Gasteiger partial charge on any atom is 0.231 e. The summed E-state index contributed by atoms with van der Waals surface area (Å²) in [6, 6.07) is 7.90. The molecule has 0 spiro atoms. The van der Waals surface area contributed by atoms with Crippen molar-refractivity contribution in [1.29, 1.82) is 0 Å². The molecule has 0 aromatic heterocycles. The van der Waals surface area contributed by atoms with Gasteiger partial charge in [-0.2, -0.15) is 0 Å². The van der Waals surface area contributed by atoms with Crippen molar-refractivity contribution in [2.45, 2.75) is 37.6 Å². The van der Waals surface area contributed by atoms with Crippen molar-refractivity contribution in [3.05, 3.63) is 34.9 Å². The maximum absolute atomic E-state index is 13.2. The number of benzene rings is 1. The molecule has 3 rings (SSSR count). The molecular weight excluding hydrogens is 347 g/mol. The summed E-state index contributed by atoms with van der Waals surface area (Å²) < 4.78 is 5.51. The highest BCUT2D eigenvalue weighted by atomic mass is 35.5. The minimum atomic E-state index is -0.527. The third-order valence-electron chi connectivity index (χ3n) is 5.30. The van der Waals surface area contributed by atoms with E-state index in [2.05, 4.69) is 17.6 Å². The monoisotopic (exact) mass is 372 g/mol. The molecule has 2 atom stereocenters. The Kier molecular flexibility index (Phi) is 6.93. The first kappa shape index (κ1) is 19.5. The largest absolute Gasteiger partial charge is 0.381 e. The van der Waals surface area contributed by atoms with Crippen LogP contribution in [0.4, 0.5) is 0 Å². The van der Waals surface area contributed by atoms with E-state index in [0.717, 1.165) is 25.1 Å². The van der Waals surface area contributed by atoms with Gasteiger partial charge in [-0.15, -0.1) is 12.4 Å². The summed E-state index contributed by atoms with van der Waals surface area (Å²) in [5, 5.41) is 7.35. The minimum absolute atomic E-state index is 0. The van der Waals surface area contributed by atoms with Crippen LogP contribution < -0.4 is 10.6 Å². The summed E-state index contributed by atoms with van der Waals surface area (Å²) in [7, 11) is 0. The van der Waals surface area contributed by atoms with Crippen LogP contribution in [0, 0.1) is 5.92 Å². The van der Waals surface area contributed by atoms with Crippen molar-refractivity contribution < 1.29 is 9.53 Å². The molecule has 24 heavy (non-hydrogen) atoms. The number of carbonyl (C=O) groups is 1. The molecule has 0 radical (unpaired) electrons. The molecule has 2 unspecified atom stereocenters. The lowest BCUT2D eigenvalue weighted by atomic mass is 9.73. The predicted octanol–water partition coefficient (Wildman–Crippen LogP) is 2.92. The van der Waals surface area contributed by atoms with Crippen molar-refractivity contribution in [3.8, 4) is 0 Å². The Morgan fingerprint density at radius 2 is 2.12 bits per heavy atom. The molecule has 2 aliphatic heterocycles. The molecule has 134 valence electrons. The number of halogens is 2. The van der Waals surface area contributed by atoms with Gasteiger partial charge in [-0.25, -0.2) is 0 Å². The van der Waals surface area contributed by atoms with Gasteiger partial charge >= 0.3 is 0 Å². The number of rotatable bonds is 3. The predicted molar refractivity (Wildman–Crippen MR) is 99.0 cm³/mol. The van der Waals surface area contributed by atoms with Crippen LogP contribution in [-0.2, 0) is 14.9 Å². The van der Waals surface area contributed by atoms with E-state index >= 15 is 0 Å². The Morgan fingerprint density at radius 3 is 2.79 bits per heavy atom. The number of hydrogen-bond acceptors (Lipinski definition) is 3. The Bertz CT molecular complexity index is 562. The van der Waals surface area contributed by atoms with Gasteiger partial charge in [0.15, 0.2) is 0 Å². The Hall–Kier alpha value is -0.810. The second-order valence-electron chi connectivity index (χ2n) is 6.75. The summed E-state index contributed by atoms with van der Waals surface area (Å²) in [6.45, 7) is 5.30. The third-order valence-corrected chi connectivity index (χ3v) is 5.54. The summed E-state index contributed by atoms with van der Waals surface area (Å²) in [5.74, 6) is 0.611. The van der Waals surface area contributed by atoms with Crippen molar-refractivity contribution >= 4 is 29.9 Å². The van der Waals surface area contributed by atoms with Crippen LogP contribution in [0.15, 0.2) is 24.3 Å². The van der Waals surface area contributed by atoms with Gasteiger partial charge in [0.2, 0.25) is 5.91 Å². The SMILES string of the molecule is CC1CCNCC1NC(=O)C1(c2cccc(Cl)c2)CCOCC1.Cl. The van der Waals surface area contributed by atoms with Gasteiger partial charge in [-0.3, -0.25) is 4.79 Å². The van der Waals surface area contributed by atoms with Crippen LogP contribution >= 0.6 is 24.0 Å². The van der Waals surface area contributed by atoms with Gasteiger partial charge in [0, 0.05) is 30.8 Å². The Morgan fingerprint density at radius 1 is 1.38 bits per heavy atom. The second-order valence-corrected chi connectivity index (χ2v) is 7.19. The van der Waals surface area contributed by atoms with Gasteiger partial charge in [0.1, 0.15) is 0 Å². The van der Waals surface area contributed by atoms with E-state index in [0.29, 0.717) is 37.0 Å². The summed E-state index contributed by atoms with van der Waals surface area (Å²) in [5.41, 5.74) is 0.475. The van der Waals surface area contributed by atoms with Crippen LogP contribution in [0.1, 0.15) is 31.7 Å². The standard InChI is InChI=1S/C18H25ClN2O2.ClH/c1-13-5-8-20-12-16(13)21-17(22)18(6-9-23-10-7-18)14-3-2-4-15(19)11-14;/h2-4,11,13,16,20H,5-10,12H2,1H3,(H,21,22);1H. The van der Waals surface area contributed by atoms with Crippen LogP contribution in [0.25, 0.3) is 0 Å². The van der Waals surface area contributed by atoms with Crippen LogP contribution in [-0.4, -0.2) is 38.3 Å². The fraction of sp³-hybridized carbons (Fsp3) is 0.611. The normalized spacial score (nSPS) is 26.2. The lowest BCUT2D eigenvalue weighted by Crippen LogP contribution is -2.56. The van der Waals surface area contributed by atoms with Gasteiger partial charge in [0.05, 0.1) is 5.41 Å². The van der Waals surface area contributed by atoms with Crippen molar-refractivity contribution in [1.82, 2.24) is 10.6 Å². The molecule has 2 N–H and O–H groups in total. The number of nitrogens with one attached hydrogen (secondary N) is 2. The zero-order valence-electron chi connectivity index (χ0n) is 14.0. The van der Waals surface area contributed by atoms with Crippen molar-refractivity contribution in [3.63, 3.8) is 0 Å². The molecule has 1 aromatic carbocycles. The fourth-order valence-corrected chi connectivity index (χ4v) is 3.83. The Labute approximate surface area is 155 Å². The van der Waals surface area contributed by atoms with Gasteiger partial charge in [-0.05, 0) is 49.4 Å². The molecule has 2 fully saturated rings. The molecule has 0 bridgehead atoms. The molecule has 0 aliphatic carbocycles. The van der Waals surface area contributed by atoms with E-state index in [1.54, 1.807) is 0 Å². The van der Waals surface area contributed by atoms with Gasteiger partial charge < -0.3 is 15.4 Å². The zero-order chi connectivity index (χ0) is 16.3. The molecule has 2 saturated heterocycles. The van der Waals surface area contributed by atoms with E-state index in [-0.39, 0.29) is 24.4 Å². The quantitative estimate of drug-likeness (QED) is 0.857. The molecule has 6 heteroatoms. The van der Waals surface area contributed by atoms with E-state index < -0.39 is 5.41 Å². The Balaban J connectivity index is 0.00000208. The number of amides is 1. The average Bonchev–Trinajstić information content (AvgIpc) is 2.57. The lowest BCUT2D eigenvalue weighted by Gasteiger charge is -2.39.